The molecule has 3 nitrogen and oxygen atoms in total. The minimum absolute atomic E-state index is 0.328. The molecule has 0 aliphatic carbocycles. The summed E-state index contributed by atoms with van der Waals surface area (Å²) in [5.74, 6) is 2.19. The molecule has 0 aromatic heterocycles. The van der Waals surface area contributed by atoms with E-state index < -0.39 is 0 Å². The molecule has 0 rings (SSSR count). The maximum absolute atomic E-state index is 10.4. The number of hydrogen-bond acceptors (Lipinski definition) is 2. The van der Waals surface area contributed by atoms with E-state index in [1.54, 1.807) is 5.48 Å². The number of rotatable bonds is 5. The number of carbonyl (C=O) groups is 1. The number of amides is 1. The Morgan fingerprint density at radius 1 is 1.45 bits per heavy atom. The lowest BCUT2D eigenvalue weighted by atomic mass is 10.1. The molecule has 0 bridgehead atoms. The minimum atomic E-state index is -0.328. The SMILES string of the molecule is C#CCCCCCC(=O)NO. The molecule has 0 atom stereocenters. The molecule has 0 heterocycles. The Balaban J connectivity index is 3.03. The predicted octanol–water partition coefficient (Wildman–Crippen LogP) is 1.08. The maximum atomic E-state index is 10.4. The van der Waals surface area contributed by atoms with Gasteiger partial charge in [-0.05, 0) is 12.8 Å². The summed E-state index contributed by atoms with van der Waals surface area (Å²) in [4.78, 5) is 10.4. The van der Waals surface area contributed by atoms with Gasteiger partial charge in [-0.15, -0.1) is 12.3 Å². The van der Waals surface area contributed by atoms with Gasteiger partial charge in [0.25, 0.3) is 0 Å². The van der Waals surface area contributed by atoms with Gasteiger partial charge in [0.2, 0.25) is 5.91 Å². The third-order valence-corrected chi connectivity index (χ3v) is 1.35. The number of unbranched alkanes of at least 4 members (excludes halogenated alkanes) is 3. The van der Waals surface area contributed by atoms with Crippen LogP contribution < -0.4 is 5.48 Å². The molecule has 0 fully saturated rings. The normalized spacial score (nSPS) is 8.73. The topological polar surface area (TPSA) is 49.3 Å². The molecule has 0 spiro atoms. The van der Waals surface area contributed by atoms with Crippen molar-refractivity contribution in [3.05, 3.63) is 0 Å². The van der Waals surface area contributed by atoms with Crippen molar-refractivity contribution in [2.75, 3.05) is 0 Å². The molecule has 0 unspecified atom stereocenters. The van der Waals surface area contributed by atoms with Crippen molar-refractivity contribution in [2.24, 2.45) is 0 Å². The fourth-order valence-corrected chi connectivity index (χ4v) is 0.745. The largest absolute Gasteiger partial charge is 0.289 e. The number of hydroxylamine groups is 1. The number of carbonyl (C=O) groups excluding carboxylic acids is 1. The van der Waals surface area contributed by atoms with Crippen molar-refractivity contribution >= 4 is 5.91 Å². The lowest BCUT2D eigenvalue weighted by Gasteiger charge is -1.96. The van der Waals surface area contributed by atoms with E-state index in [0.29, 0.717) is 6.42 Å². The number of hydrogen-bond donors (Lipinski definition) is 2. The molecule has 0 aromatic rings. The van der Waals surface area contributed by atoms with Crippen LogP contribution in [0.5, 0.6) is 0 Å². The second kappa shape index (κ2) is 7.10. The Hall–Kier alpha value is -1.01. The van der Waals surface area contributed by atoms with E-state index in [1.807, 2.05) is 0 Å². The molecule has 0 aliphatic rings. The van der Waals surface area contributed by atoms with Crippen LogP contribution in [0.3, 0.4) is 0 Å². The molecule has 2 N–H and O–H groups in total. The molecule has 0 aliphatic heterocycles. The maximum Gasteiger partial charge on any atom is 0.243 e. The van der Waals surface area contributed by atoms with Crippen molar-refractivity contribution in [3.8, 4) is 12.3 Å². The van der Waals surface area contributed by atoms with E-state index in [4.69, 9.17) is 11.6 Å². The highest BCUT2D eigenvalue weighted by Gasteiger charge is 1.96. The Bertz CT molecular complexity index is 149. The lowest BCUT2D eigenvalue weighted by Crippen LogP contribution is -2.17. The van der Waals surface area contributed by atoms with Gasteiger partial charge in [-0.2, -0.15) is 0 Å². The van der Waals surface area contributed by atoms with Gasteiger partial charge in [-0.25, -0.2) is 5.48 Å². The fourth-order valence-electron chi connectivity index (χ4n) is 0.745. The highest BCUT2D eigenvalue weighted by molar-refractivity contribution is 5.74. The van der Waals surface area contributed by atoms with Gasteiger partial charge in [0, 0.05) is 12.8 Å². The van der Waals surface area contributed by atoms with Crippen molar-refractivity contribution in [2.45, 2.75) is 32.1 Å². The van der Waals surface area contributed by atoms with E-state index >= 15 is 0 Å². The molecular formula is C8H13NO2. The van der Waals surface area contributed by atoms with Gasteiger partial charge in [-0.3, -0.25) is 10.0 Å². The van der Waals surface area contributed by atoms with Crippen LogP contribution in [0.25, 0.3) is 0 Å². The molecule has 0 saturated carbocycles. The van der Waals surface area contributed by atoms with Crippen LogP contribution in [-0.4, -0.2) is 11.1 Å². The van der Waals surface area contributed by atoms with Gasteiger partial charge in [0.1, 0.15) is 0 Å². The Labute approximate surface area is 66.8 Å². The standard InChI is InChI=1S/C8H13NO2/c1-2-3-4-5-6-7-8(10)9-11/h1,11H,3-7H2,(H,9,10). The average molecular weight is 155 g/mol. The lowest BCUT2D eigenvalue weighted by molar-refractivity contribution is -0.129. The highest BCUT2D eigenvalue weighted by atomic mass is 16.5. The number of nitrogens with one attached hydrogen (secondary N) is 1. The van der Waals surface area contributed by atoms with Gasteiger partial charge < -0.3 is 0 Å². The average Bonchev–Trinajstić information content (AvgIpc) is 2.04. The van der Waals surface area contributed by atoms with Crippen LogP contribution in [0.1, 0.15) is 32.1 Å². The minimum Gasteiger partial charge on any atom is -0.289 e. The predicted molar refractivity (Wildman–Crippen MR) is 41.8 cm³/mol. The fraction of sp³-hybridized carbons (Fsp3) is 0.625. The molecular weight excluding hydrogens is 142 g/mol. The van der Waals surface area contributed by atoms with Gasteiger partial charge >= 0.3 is 0 Å². The first-order chi connectivity index (χ1) is 5.31. The first-order valence-electron chi connectivity index (χ1n) is 3.67. The Morgan fingerprint density at radius 3 is 2.73 bits per heavy atom. The summed E-state index contributed by atoms with van der Waals surface area (Å²) < 4.78 is 0. The summed E-state index contributed by atoms with van der Waals surface area (Å²) in [5.41, 5.74) is 1.58. The summed E-state index contributed by atoms with van der Waals surface area (Å²) in [6.07, 6.45) is 8.85. The van der Waals surface area contributed by atoms with Crippen LogP contribution in [0.4, 0.5) is 0 Å². The quantitative estimate of drug-likeness (QED) is 0.270. The summed E-state index contributed by atoms with van der Waals surface area (Å²) >= 11 is 0. The molecule has 0 saturated heterocycles. The van der Waals surface area contributed by atoms with Crippen molar-refractivity contribution in [1.82, 2.24) is 5.48 Å². The molecule has 1 amide bonds. The highest BCUT2D eigenvalue weighted by Crippen LogP contribution is 2.01. The van der Waals surface area contributed by atoms with Gasteiger partial charge in [0.05, 0.1) is 0 Å². The van der Waals surface area contributed by atoms with E-state index in [0.717, 1.165) is 25.7 Å². The Kier molecular flexibility index (Phi) is 6.45. The van der Waals surface area contributed by atoms with Crippen LogP contribution in [0.2, 0.25) is 0 Å². The van der Waals surface area contributed by atoms with Gasteiger partial charge in [-0.1, -0.05) is 6.42 Å². The number of terminal acetylenes is 1. The zero-order valence-electron chi connectivity index (χ0n) is 6.47. The summed E-state index contributed by atoms with van der Waals surface area (Å²) in [6.45, 7) is 0. The molecule has 0 aromatic carbocycles. The van der Waals surface area contributed by atoms with Crippen LogP contribution in [0.15, 0.2) is 0 Å². The first kappa shape index (κ1) is 9.99. The zero-order valence-corrected chi connectivity index (χ0v) is 6.47. The van der Waals surface area contributed by atoms with Crippen LogP contribution >= 0.6 is 0 Å². The molecule has 3 heteroatoms. The summed E-state index contributed by atoms with van der Waals surface area (Å²) in [5, 5.41) is 8.11. The summed E-state index contributed by atoms with van der Waals surface area (Å²) in [7, 11) is 0. The smallest absolute Gasteiger partial charge is 0.243 e. The van der Waals surface area contributed by atoms with E-state index in [2.05, 4.69) is 5.92 Å². The second-order valence-corrected chi connectivity index (χ2v) is 2.30. The van der Waals surface area contributed by atoms with Crippen molar-refractivity contribution in [3.63, 3.8) is 0 Å². The molecule has 62 valence electrons. The molecule has 0 radical (unpaired) electrons. The second-order valence-electron chi connectivity index (χ2n) is 2.30. The van der Waals surface area contributed by atoms with E-state index in [9.17, 15) is 4.79 Å². The Morgan fingerprint density at radius 2 is 2.18 bits per heavy atom. The summed E-state index contributed by atoms with van der Waals surface area (Å²) in [6, 6.07) is 0. The van der Waals surface area contributed by atoms with Crippen molar-refractivity contribution < 1.29 is 10.0 Å². The monoisotopic (exact) mass is 155 g/mol. The van der Waals surface area contributed by atoms with Crippen LogP contribution in [0, 0.1) is 12.3 Å². The third kappa shape index (κ3) is 6.88. The first-order valence-corrected chi connectivity index (χ1v) is 3.67. The van der Waals surface area contributed by atoms with E-state index in [-0.39, 0.29) is 5.91 Å². The zero-order chi connectivity index (χ0) is 8.53. The third-order valence-electron chi connectivity index (χ3n) is 1.35. The van der Waals surface area contributed by atoms with E-state index in [1.165, 1.54) is 0 Å². The molecule has 11 heavy (non-hydrogen) atoms. The van der Waals surface area contributed by atoms with Gasteiger partial charge in [0.15, 0.2) is 0 Å². The van der Waals surface area contributed by atoms with Crippen molar-refractivity contribution in [1.29, 1.82) is 0 Å². The van der Waals surface area contributed by atoms with Crippen LogP contribution in [-0.2, 0) is 4.79 Å².